The number of hydrogen-bond acceptors (Lipinski definition) is 4. The molecule has 3 heterocycles. The maximum atomic E-state index is 12.1. The first-order chi connectivity index (χ1) is 10.8. The van der Waals surface area contributed by atoms with E-state index >= 15 is 0 Å². The lowest BCUT2D eigenvalue weighted by molar-refractivity contribution is -0.122. The number of pyridine rings is 1. The molecule has 1 saturated heterocycles. The van der Waals surface area contributed by atoms with E-state index in [2.05, 4.69) is 20.2 Å². The van der Waals surface area contributed by atoms with Crippen LogP contribution in [0.3, 0.4) is 0 Å². The van der Waals surface area contributed by atoms with Gasteiger partial charge < -0.3 is 14.8 Å². The number of carbonyl (C=O) groups excluding carboxylic acids is 1. The lowest BCUT2D eigenvalue weighted by Crippen LogP contribution is -2.48. The van der Waals surface area contributed by atoms with E-state index in [0.717, 1.165) is 31.7 Å². The number of anilines is 1. The summed E-state index contributed by atoms with van der Waals surface area (Å²) in [5, 5.41) is 3.14. The van der Waals surface area contributed by atoms with Crippen molar-refractivity contribution < 1.29 is 4.79 Å². The van der Waals surface area contributed by atoms with Crippen LogP contribution in [0.2, 0.25) is 0 Å². The SMILES string of the molecule is O=C(CCn1ccnc1)NC1CCCN(c2ccccn2)C1. The Morgan fingerprint density at radius 1 is 1.36 bits per heavy atom. The van der Waals surface area contributed by atoms with Crippen LogP contribution in [-0.2, 0) is 11.3 Å². The Morgan fingerprint density at radius 3 is 3.09 bits per heavy atom. The van der Waals surface area contributed by atoms with Gasteiger partial charge in [0.2, 0.25) is 5.91 Å². The van der Waals surface area contributed by atoms with Crippen molar-refractivity contribution in [2.75, 3.05) is 18.0 Å². The van der Waals surface area contributed by atoms with Crippen LogP contribution in [0.4, 0.5) is 5.82 Å². The van der Waals surface area contributed by atoms with Gasteiger partial charge in [-0.25, -0.2) is 9.97 Å². The van der Waals surface area contributed by atoms with Gasteiger partial charge in [-0.15, -0.1) is 0 Å². The number of nitrogens with zero attached hydrogens (tertiary/aromatic N) is 4. The Labute approximate surface area is 130 Å². The predicted octanol–water partition coefficient (Wildman–Crippen LogP) is 1.45. The summed E-state index contributed by atoms with van der Waals surface area (Å²) < 4.78 is 1.92. The molecule has 6 heteroatoms. The van der Waals surface area contributed by atoms with Gasteiger partial charge in [0.05, 0.1) is 6.33 Å². The standard InChI is InChI=1S/C16H21N5O/c22-16(6-10-20-11-8-17-13-20)19-14-4-3-9-21(12-14)15-5-1-2-7-18-15/h1-2,5,7-8,11,13-14H,3-4,6,9-10,12H2,(H,19,22). The molecule has 1 aliphatic rings. The number of nitrogens with one attached hydrogen (secondary N) is 1. The first-order valence-electron chi connectivity index (χ1n) is 7.72. The first-order valence-corrected chi connectivity index (χ1v) is 7.72. The van der Waals surface area contributed by atoms with E-state index in [0.29, 0.717) is 13.0 Å². The molecule has 0 saturated carbocycles. The summed E-state index contributed by atoms with van der Waals surface area (Å²) in [5.41, 5.74) is 0. The van der Waals surface area contributed by atoms with Gasteiger partial charge in [0, 0.05) is 50.7 Å². The number of aromatic nitrogens is 3. The summed E-state index contributed by atoms with van der Waals surface area (Å²) >= 11 is 0. The van der Waals surface area contributed by atoms with E-state index < -0.39 is 0 Å². The van der Waals surface area contributed by atoms with Gasteiger partial charge >= 0.3 is 0 Å². The Bertz CT molecular complexity index is 584. The van der Waals surface area contributed by atoms with Crippen LogP contribution in [0.15, 0.2) is 43.1 Å². The maximum Gasteiger partial charge on any atom is 0.222 e. The van der Waals surface area contributed by atoms with Crippen molar-refractivity contribution in [2.24, 2.45) is 0 Å². The Balaban J connectivity index is 1.48. The fraction of sp³-hybridized carbons (Fsp3) is 0.438. The predicted molar refractivity (Wildman–Crippen MR) is 84.5 cm³/mol. The van der Waals surface area contributed by atoms with Gasteiger partial charge in [-0.1, -0.05) is 6.07 Å². The quantitative estimate of drug-likeness (QED) is 0.908. The summed E-state index contributed by atoms with van der Waals surface area (Å²) in [7, 11) is 0. The molecule has 1 aliphatic heterocycles. The summed E-state index contributed by atoms with van der Waals surface area (Å²) in [6, 6.07) is 6.13. The topological polar surface area (TPSA) is 63.1 Å². The third-order valence-electron chi connectivity index (χ3n) is 3.92. The molecule has 0 bridgehead atoms. The molecule has 0 aromatic carbocycles. The molecule has 22 heavy (non-hydrogen) atoms. The highest BCUT2D eigenvalue weighted by molar-refractivity contribution is 5.76. The van der Waals surface area contributed by atoms with Crippen molar-refractivity contribution in [2.45, 2.75) is 31.8 Å². The molecule has 6 nitrogen and oxygen atoms in total. The number of hydrogen-bond donors (Lipinski definition) is 1. The number of aryl methyl sites for hydroxylation is 1. The highest BCUT2D eigenvalue weighted by atomic mass is 16.1. The molecule has 1 unspecified atom stereocenters. The molecule has 1 fully saturated rings. The van der Waals surface area contributed by atoms with Crippen LogP contribution in [0.5, 0.6) is 0 Å². The second-order valence-electron chi connectivity index (χ2n) is 5.59. The molecule has 0 radical (unpaired) electrons. The monoisotopic (exact) mass is 299 g/mol. The van der Waals surface area contributed by atoms with Crippen LogP contribution in [-0.4, -0.2) is 39.6 Å². The molecular weight excluding hydrogens is 278 g/mol. The Kier molecular flexibility index (Phi) is 4.68. The Morgan fingerprint density at radius 2 is 2.32 bits per heavy atom. The van der Waals surface area contributed by atoms with Crippen LogP contribution in [0, 0.1) is 0 Å². The molecule has 2 aromatic heterocycles. The van der Waals surface area contributed by atoms with E-state index in [1.54, 1.807) is 12.5 Å². The lowest BCUT2D eigenvalue weighted by atomic mass is 10.1. The van der Waals surface area contributed by atoms with Crippen molar-refractivity contribution in [3.8, 4) is 0 Å². The van der Waals surface area contributed by atoms with Gasteiger partial charge in [-0.2, -0.15) is 0 Å². The molecular formula is C16H21N5O. The minimum absolute atomic E-state index is 0.0987. The van der Waals surface area contributed by atoms with Crippen molar-refractivity contribution >= 4 is 11.7 Å². The molecule has 1 amide bonds. The van der Waals surface area contributed by atoms with Crippen LogP contribution in [0.1, 0.15) is 19.3 Å². The number of piperidine rings is 1. The van der Waals surface area contributed by atoms with E-state index in [9.17, 15) is 4.79 Å². The molecule has 3 rings (SSSR count). The normalized spacial score (nSPS) is 18.2. The third-order valence-corrected chi connectivity index (χ3v) is 3.92. The molecule has 1 atom stereocenters. The van der Waals surface area contributed by atoms with E-state index in [-0.39, 0.29) is 11.9 Å². The highest BCUT2D eigenvalue weighted by Crippen LogP contribution is 2.17. The molecule has 0 aliphatic carbocycles. The van der Waals surface area contributed by atoms with Gasteiger partial charge in [-0.05, 0) is 25.0 Å². The molecule has 116 valence electrons. The van der Waals surface area contributed by atoms with Crippen LogP contribution in [0.25, 0.3) is 0 Å². The minimum atomic E-state index is 0.0987. The second kappa shape index (κ2) is 7.06. The van der Waals surface area contributed by atoms with E-state index in [1.807, 2.05) is 35.2 Å². The summed E-state index contributed by atoms with van der Waals surface area (Å²) in [5.74, 6) is 1.08. The maximum absolute atomic E-state index is 12.1. The van der Waals surface area contributed by atoms with Crippen molar-refractivity contribution in [3.63, 3.8) is 0 Å². The number of rotatable bonds is 5. The van der Waals surface area contributed by atoms with Crippen molar-refractivity contribution in [1.29, 1.82) is 0 Å². The molecule has 1 N–H and O–H groups in total. The fourth-order valence-corrected chi connectivity index (χ4v) is 2.79. The summed E-state index contributed by atoms with van der Waals surface area (Å²) in [6.07, 6.45) is 9.72. The third kappa shape index (κ3) is 3.84. The van der Waals surface area contributed by atoms with Crippen LogP contribution >= 0.6 is 0 Å². The van der Waals surface area contributed by atoms with E-state index in [1.165, 1.54) is 0 Å². The lowest BCUT2D eigenvalue weighted by Gasteiger charge is -2.34. The zero-order chi connectivity index (χ0) is 15.2. The fourth-order valence-electron chi connectivity index (χ4n) is 2.79. The smallest absolute Gasteiger partial charge is 0.222 e. The van der Waals surface area contributed by atoms with Crippen molar-refractivity contribution in [3.05, 3.63) is 43.1 Å². The van der Waals surface area contributed by atoms with Gasteiger partial charge in [0.25, 0.3) is 0 Å². The van der Waals surface area contributed by atoms with Crippen molar-refractivity contribution in [1.82, 2.24) is 19.9 Å². The van der Waals surface area contributed by atoms with E-state index in [4.69, 9.17) is 0 Å². The average molecular weight is 299 g/mol. The average Bonchev–Trinajstić information content (AvgIpc) is 3.08. The number of imidazole rings is 1. The second-order valence-corrected chi connectivity index (χ2v) is 5.59. The van der Waals surface area contributed by atoms with Gasteiger partial charge in [-0.3, -0.25) is 4.79 Å². The largest absolute Gasteiger partial charge is 0.355 e. The van der Waals surface area contributed by atoms with Gasteiger partial charge in [0.1, 0.15) is 5.82 Å². The zero-order valence-corrected chi connectivity index (χ0v) is 12.6. The van der Waals surface area contributed by atoms with Gasteiger partial charge in [0.15, 0.2) is 0 Å². The minimum Gasteiger partial charge on any atom is -0.355 e. The van der Waals surface area contributed by atoms with Crippen LogP contribution < -0.4 is 10.2 Å². The Hall–Kier alpha value is -2.37. The highest BCUT2D eigenvalue weighted by Gasteiger charge is 2.21. The first kappa shape index (κ1) is 14.6. The zero-order valence-electron chi connectivity index (χ0n) is 12.6. The summed E-state index contributed by atoms with van der Waals surface area (Å²) in [6.45, 7) is 2.49. The molecule has 0 spiro atoms. The number of carbonyl (C=O) groups is 1. The molecule has 2 aromatic rings. The summed E-state index contributed by atoms with van der Waals surface area (Å²) in [4.78, 5) is 22.7. The number of amides is 1.